The fourth-order valence-electron chi connectivity index (χ4n) is 1.56. The molecule has 0 bridgehead atoms. The van der Waals surface area contributed by atoms with Crippen molar-refractivity contribution in [2.24, 2.45) is 0 Å². The Balaban J connectivity index is 4.38. The number of carbonyl (C=O) groups is 5. The Morgan fingerprint density at radius 2 is 1.64 bits per heavy atom. The molecule has 124 valence electrons. The van der Waals surface area contributed by atoms with Gasteiger partial charge >= 0.3 is 17.9 Å². The van der Waals surface area contributed by atoms with E-state index in [1.807, 2.05) is 0 Å². The van der Waals surface area contributed by atoms with E-state index in [2.05, 4.69) is 14.8 Å². The predicted molar refractivity (Wildman–Crippen MR) is 71.7 cm³/mol. The van der Waals surface area contributed by atoms with Gasteiger partial charge in [0.25, 0.3) is 0 Å². The minimum Gasteiger partial charge on any atom is -0.481 e. The van der Waals surface area contributed by atoms with Crippen LogP contribution in [-0.2, 0) is 33.4 Å². The third-order valence-corrected chi connectivity index (χ3v) is 2.70. The number of ether oxygens (including phenoxy) is 2. The highest BCUT2D eigenvalue weighted by molar-refractivity contribution is 6.33. The molecule has 9 nitrogen and oxygen atoms in total. The van der Waals surface area contributed by atoms with E-state index in [0.29, 0.717) is 0 Å². The van der Waals surface area contributed by atoms with Crippen LogP contribution < -0.4 is 5.32 Å². The van der Waals surface area contributed by atoms with Crippen LogP contribution in [0.4, 0.5) is 0 Å². The number of carboxylic acid groups (broad SMARTS) is 1. The Labute approximate surface area is 126 Å². The first-order valence-corrected chi connectivity index (χ1v) is 6.52. The number of methoxy groups -OCH3 is 2. The van der Waals surface area contributed by atoms with E-state index in [4.69, 9.17) is 5.11 Å². The van der Waals surface area contributed by atoms with Gasteiger partial charge in [-0.25, -0.2) is 9.59 Å². The minimum absolute atomic E-state index is 0.0776. The monoisotopic (exact) mass is 317 g/mol. The zero-order chi connectivity index (χ0) is 17.1. The normalized spacial score (nSPS) is 11.2. The highest BCUT2D eigenvalue weighted by Crippen LogP contribution is 2.05. The van der Waals surface area contributed by atoms with Crippen molar-refractivity contribution in [1.82, 2.24) is 5.32 Å². The van der Waals surface area contributed by atoms with Crippen molar-refractivity contribution in [2.45, 2.75) is 38.1 Å². The van der Waals surface area contributed by atoms with Gasteiger partial charge in [0.1, 0.15) is 6.04 Å². The van der Waals surface area contributed by atoms with Gasteiger partial charge in [0.2, 0.25) is 11.7 Å². The second kappa shape index (κ2) is 10.3. The van der Waals surface area contributed by atoms with Crippen LogP contribution in [0.25, 0.3) is 0 Å². The van der Waals surface area contributed by atoms with E-state index in [-0.39, 0.29) is 32.1 Å². The van der Waals surface area contributed by atoms with E-state index in [1.165, 1.54) is 0 Å². The number of esters is 2. The molecular formula is C13H19NO8. The highest BCUT2D eigenvalue weighted by atomic mass is 16.5. The van der Waals surface area contributed by atoms with E-state index >= 15 is 0 Å². The van der Waals surface area contributed by atoms with Gasteiger partial charge in [-0.3, -0.25) is 14.4 Å². The Hall–Kier alpha value is -2.45. The fourth-order valence-corrected chi connectivity index (χ4v) is 1.56. The maximum Gasteiger partial charge on any atom is 0.374 e. The minimum atomic E-state index is -1.13. The number of hydrogen-bond donors (Lipinski definition) is 2. The van der Waals surface area contributed by atoms with Crippen LogP contribution in [0.15, 0.2) is 0 Å². The van der Waals surface area contributed by atoms with Crippen molar-refractivity contribution in [3.8, 4) is 0 Å². The topological polar surface area (TPSA) is 136 Å². The quantitative estimate of drug-likeness (QED) is 0.403. The van der Waals surface area contributed by atoms with Crippen LogP contribution in [-0.4, -0.2) is 55.0 Å². The lowest BCUT2D eigenvalue weighted by molar-refractivity contribution is -0.151. The number of nitrogens with one attached hydrogen (secondary N) is 1. The zero-order valence-electron chi connectivity index (χ0n) is 12.4. The number of Topliss-reactive ketones (excluding diaryl/α,β-unsaturated/α-hetero) is 1. The Morgan fingerprint density at radius 3 is 2.14 bits per heavy atom. The molecule has 0 heterocycles. The van der Waals surface area contributed by atoms with Crippen molar-refractivity contribution in [3.63, 3.8) is 0 Å². The van der Waals surface area contributed by atoms with Gasteiger partial charge in [0.15, 0.2) is 0 Å². The van der Waals surface area contributed by atoms with Crippen LogP contribution in [0.2, 0.25) is 0 Å². The van der Waals surface area contributed by atoms with Crippen molar-refractivity contribution < 1.29 is 38.6 Å². The van der Waals surface area contributed by atoms with E-state index in [1.54, 1.807) is 0 Å². The molecule has 0 spiro atoms. The maximum atomic E-state index is 11.5. The summed E-state index contributed by atoms with van der Waals surface area (Å²) in [5, 5.41) is 10.8. The molecule has 1 amide bonds. The average Bonchev–Trinajstić information content (AvgIpc) is 2.49. The lowest BCUT2D eigenvalue weighted by Gasteiger charge is -2.15. The van der Waals surface area contributed by atoms with Crippen molar-refractivity contribution in [1.29, 1.82) is 0 Å². The molecule has 0 aliphatic heterocycles. The molecular weight excluding hydrogens is 298 g/mol. The van der Waals surface area contributed by atoms with Crippen LogP contribution in [0.5, 0.6) is 0 Å². The van der Waals surface area contributed by atoms with Gasteiger partial charge in [0.05, 0.1) is 20.6 Å². The lowest BCUT2D eigenvalue weighted by Crippen LogP contribution is -2.41. The maximum absolute atomic E-state index is 11.5. The van der Waals surface area contributed by atoms with Crippen LogP contribution in [0.1, 0.15) is 32.1 Å². The van der Waals surface area contributed by atoms with E-state index < -0.39 is 35.6 Å². The summed E-state index contributed by atoms with van der Waals surface area (Å²) in [7, 11) is 2.22. The molecule has 0 fully saturated rings. The molecule has 0 aromatic heterocycles. The summed E-state index contributed by atoms with van der Waals surface area (Å²) in [4.78, 5) is 55.6. The van der Waals surface area contributed by atoms with Crippen LogP contribution in [0, 0.1) is 0 Å². The molecule has 0 aromatic carbocycles. The number of rotatable bonds is 10. The smallest absolute Gasteiger partial charge is 0.374 e. The third-order valence-electron chi connectivity index (χ3n) is 2.70. The van der Waals surface area contributed by atoms with Gasteiger partial charge in [-0.1, -0.05) is 0 Å². The molecule has 1 atom stereocenters. The number of amides is 1. The first kappa shape index (κ1) is 19.6. The summed E-state index contributed by atoms with van der Waals surface area (Å²) in [6, 6.07) is -1.00. The van der Waals surface area contributed by atoms with Crippen LogP contribution >= 0.6 is 0 Å². The molecule has 0 saturated carbocycles. The summed E-state index contributed by atoms with van der Waals surface area (Å²) in [6.45, 7) is 0. The fraction of sp³-hybridized carbons (Fsp3) is 0.615. The number of aliphatic carboxylic acids is 1. The number of carboxylic acids is 1. The molecule has 0 aliphatic rings. The first-order valence-electron chi connectivity index (χ1n) is 6.52. The number of carbonyl (C=O) groups excluding carboxylic acids is 4. The highest BCUT2D eigenvalue weighted by Gasteiger charge is 2.22. The molecule has 0 aromatic rings. The third kappa shape index (κ3) is 7.98. The summed E-state index contributed by atoms with van der Waals surface area (Å²) in [6.07, 6.45) is -0.531. The molecule has 2 N–H and O–H groups in total. The average molecular weight is 317 g/mol. The Bertz CT molecular complexity index is 445. The van der Waals surface area contributed by atoms with Crippen molar-refractivity contribution in [3.05, 3.63) is 0 Å². The van der Waals surface area contributed by atoms with Crippen molar-refractivity contribution in [2.75, 3.05) is 14.2 Å². The first-order chi connectivity index (χ1) is 10.3. The van der Waals surface area contributed by atoms with Gasteiger partial charge in [-0.05, 0) is 12.8 Å². The molecule has 22 heavy (non-hydrogen) atoms. The molecule has 9 heteroatoms. The van der Waals surface area contributed by atoms with Crippen molar-refractivity contribution >= 4 is 29.6 Å². The van der Waals surface area contributed by atoms with Gasteiger partial charge in [0, 0.05) is 12.8 Å². The zero-order valence-corrected chi connectivity index (χ0v) is 12.4. The molecule has 0 aliphatic carbocycles. The van der Waals surface area contributed by atoms with E-state index in [9.17, 15) is 24.0 Å². The summed E-state index contributed by atoms with van der Waals surface area (Å²) in [5.41, 5.74) is 0. The molecule has 0 rings (SSSR count). The molecule has 0 radical (unpaired) electrons. The molecule has 0 unspecified atom stereocenters. The van der Waals surface area contributed by atoms with E-state index in [0.717, 1.165) is 14.2 Å². The standard InChI is InChI=1S/C13H19NO8/c1-21-12(19)8(14-10(16)6-7-11(17)18)4-3-5-9(15)13(20)22-2/h8H,3-7H2,1-2H3,(H,14,16)(H,17,18)/t8-/m0/s1. The summed E-state index contributed by atoms with van der Waals surface area (Å²) in [5.74, 6) is -4.16. The lowest BCUT2D eigenvalue weighted by atomic mass is 10.1. The van der Waals surface area contributed by atoms with Crippen LogP contribution in [0.3, 0.4) is 0 Å². The molecule has 0 saturated heterocycles. The SMILES string of the molecule is COC(=O)C(=O)CCC[C@H](NC(=O)CCC(=O)O)C(=O)OC. The largest absolute Gasteiger partial charge is 0.481 e. The summed E-state index contributed by atoms with van der Waals surface area (Å²) < 4.78 is 8.77. The van der Waals surface area contributed by atoms with Gasteiger partial charge < -0.3 is 19.9 Å². The predicted octanol–water partition coefficient (Wildman–Crippen LogP) is -0.579. The number of hydrogen-bond acceptors (Lipinski definition) is 7. The van der Waals surface area contributed by atoms with Gasteiger partial charge in [-0.2, -0.15) is 0 Å². The van der Waals surface area contributed by atoms with Gasteiger partial charge in [-0.15, -0.1) is 0 Å². The summed E-state index contributed by atoms with van der Waals surface area (Å²) >= 11 is 0. The Kier molecular flexibility index (Phi) is 9.15. The second-order valence-electron chi connectivity index (χ2n) is 4.34. The second-order valence-corrected chi connectivity index (χ2v) is 4.34. The number of ketones is 1. The Morgan fingerprint density at radius 1 is 1.00 bits per heavy atom.